The number of halogens is 1. The average molecular weight is 328 g/mol. The van der Waals surface area contributed by atoms with E-state index < -0.39 is 0 Å². The van der Waals surface area contributed by atoms with Crippen LogP contribution in [0.15, 0.2) is 30.5 Å². The third-order valence-corrected chi connectivity index (χ3v) is 3.91. The molecule has 0 bridgehead atoms. The van der Waals surface area contributed by atoms with Gasteiger partial charge in [0.1, 0.15) is 5.82 Å². The highest BCUT2D eigenvalue weighted by Gasteiger charge is 2.27. The molecule has 0 aliphatic heterocycles. The quantitative estimate of drug-likeness (QED) is 0.787. The fraction of sp³-hybridized carbons (Fsp3) is 0.312. The molecule has 1 aliphatic rings. The van der Waals surface area contributed by atoms with E-state index >= 15 is 0 Å². The minimum absolute atomic E-state index is 0.175. The number of benzene rings is 1. The largest absolute Gasteiger partial charge is 0.240 e. The van der Waals surface area contributed by atoms with Gasteiger partial charge in [-0.15, -0.1) is 0 Å². The standard InChI is InChI=1S/C16H14BrN3/c1-10(17)15-14(9-19-16(20-15)13-6-7-13)12-4-2-11(8-18)3-5-12/h2-5,9-10,13H,6-7H2,1H3. The van der Waals surface area contributed by atoms with E-state index in [1.165, 1.54) is 12.8 Å². The Labute approximate surface area is 126 Å². The zero-order chi connectivity index (χ0) is 14.1. The second-order valence-electron chi connectivity index (χ2n) is 5.11. The van der Waals surface area contributed by atoms with E-state index in [0.29, 0.717) is 11.5 Å². The van der Waals surface area contributed by atoms with Crippen molar-refractivity contribution < 1.29 is 0 Å². The van der Waals surface area contributed by atoms with E-state index in [0.717, 1.165) is 22.6 Å². The molecule has 0 spiro atoms. The highest BCUT2D eigenvalue weighted by molar-refractivity contribution is 9.09. The number of hydrogen-bond acceptors (Lipinski definition) is 3. The van der Waals surface area contributed by atoms with Crippen LogP contribution < -0.4 is 0 Å². The molecule has 0 radical (unpaired) electrons. The number of alkyl halides is 1. The molecule has 1 aromatic heterocycles. The summed E-state index contributed by atoms with van der Waals surface area (Å²) in [5.41, 5.74) is 3.76. The fourth-order valence-electron chi connectivity index (χ4n) is 2.20. The lowest BCUT2D eigenvalue weighted by Gasteiger charge is -2.12. The number of aromatic nitrogens is 2. The Balaban J connectivity index is 2.04. The van der Waals surface area contributed by atoms with Gasteiger partial charge in [0, 0.05) is 17.7 Å². The van der Waals surface area contributed by atoms with Crippen LogP contribution in [0.1, 0.15) is 47.6 Å². The maximum Gasteiger partial charge on any atom is 0.131 e. The molecular weight excluding hydrogens is 314 g/mol. The van der Waals surface area contributed by atoms with Crippen LogP contribution in [0, 0.1) is 11.3 Å². The summed E-state index contributed by atoms with van der Waals surface area (Å²) >= 11 is 3.62. The van der Waals surface area contributed by atoms with Crippen molar-refractivity contribution in [1.29, 1.82) is 5.26 Å². The highest BCUT2D eigenvalue weighted by atomic mass is 79.9. The van der Waals surface area contributed by atoms with E-state index in [9.17, 15) is 0 Å². The van der Waals surface area contributed by atoms with Crippen molar-refractivity contribution >= 4 is 15.9 Å². The molecule has 100 valence electrons. The predicted molar refractivity (Wildman–Crippen MR) is 81.5 cm³/mol. The van der Waals surface area contributed by atoms with Gasteiger partial charge >= 0.3 is 0 Å². The van der Waals surface area contributed by atoms with Crippen LogP contribution in [0.5, 0.6) is 0 Å². The summed E-state index contributed by atoms with van der Waals surface area (Å²) in [4.78, 5) is 9.41. The van der Waals surface area contributed by atoms with Crippen molar-refractivity contribution in [2.24, 2.45) is 0 Å². The summed E-state index contributed by atoms with van der Waals surface area (Å²) in [5, 5.41) is 8.86. The van der Waals surface area contributed by atoms with Gasteiger partial charge in [-0.1, -0.05) is 28.1 Å². The molecule has 3 nitrogen and oxygen atoms in total. The van der Waals surface area contributed by atoms with Crippen LogP contribution in [0.25, 0.3) is 11.1 Å². The molecule has 1 aliphatic carbocycles. The van der Waals surface area contributed by atoms with Crippen molar-refractivity contribution in [2.75, 3.05) is 0 Å². The SMILES string of the molecule is CC(Br)c1nc(C2CC2)ncc1-c1ccc(C#N)cc1. The third kappa shape index (κ3) is 2.59. The maximum atomic E-state index is 8.86. The van der Waals surface area contributed by atoms with E-state index in [1.807, 2.05) is 30.5 Å². The van der Waals surface area contributed by atoms with Crippen LogP contribution in [0.4, 0.5) is 0 Å². The molecule has 1 saturated carbocycles. The van der Waals surface area contributed by atoms with Crippen molar-refractivity contribution in [3.05, 3.63) is 47.5 Å². The summed E-state index contributed by atoms with van der Waals surface area (Å²) < 4.78 is 0. The first-order valence-corrected chi connectivity index (χ1v) is 7.62. The van der Waals surface area contributed by atoms with Crippen molar-refractivity contribution in [3.63, 3.8) is 0 Å². The average Bonchev–Trinajstić information content (AvgIpc) is 3.31. The van der Waals surface area contributed by atoms with Crippen LogP contribution in [-0.2, 0) is 0 Å². The first-order valence-electron chi connectivity index (χ1n) is 6.70. The monoisotopic (exact) mass is 327 g/mol. The highest BCUT2D eigenvalue weighted by Crippen LogP contribution is 2.40. The van der Waals surface area contributed by atoms with E-state index in [-0.39, 0.29) is 4.83 Å². The number of hydrogen-bond donors (Lipinski definition) is 0. The first-order chi connectivity index (χ1) is 9.69. The Kier molecular flexibility index (Phi) is 3.54. The van der Waals surface area contributed by atoms with Crippen molar-refractivity contribution in [3.8, 4) is 17.2 Å². The van der Waals surface area contributed by atoms with Gasteiger partial charge in [-0.3, -0.25) is 0 Å². The molecule has 0 saturated heterocycles. The first kappa shape index (κ1) is 13.3. The summed E-state index contributed by atoms with van der Waals surface area (Å²) in [5.74, 6) is 1.51. The molecule has 1 unspecified atom stereocenters. The topological polar surface area (TPSA) is 49.6 Å². The smallest absolute Gasteiger partial charge is 0.131 e. The molecular formula is C16H14BrN3. The molecule has 20 heavy (non-hydrogen) atoms. The lowest BCUT2D eigenvalue weighted by molar-refractivity contribution is 0.878. The second kappa shape index (κ2) is 5.34. The molecule has 1 aromatic carbocycles. The van der Waals surface area contributed by atoms with Gasteiger partial charge in [0.2, 0.25) is 0 Å². The lowest BCUT2D eigenvalue weighted by atomic mass is 10.0. The minimum atomic E-state index is 0.175. The molecule has 4 heteroatoms. The van der Waals surface area contributed by atoms with Crippen LogP contribution in [0.2, 0.25) is 0 Å². The van der Waals surface area contributed by atoms with Gasteiger partial charge in [0.25, 0.3) is 0 Å². The van der Waals surface area contributed by atoms with Gasteiger partial charge in [0.05, 0.1) is 22.2 Å². The Bertz CT molecular complexity index is 667. The molecule has 2 aromatic rings. The van der Waals surface area contributed by atoms with Gasteiger partial charge in [-0.2, -0.15) is 5.26 Å². The molecule has 0 amide bonds. The summed E-state index contributed by atoms with van der Waals surface area (Å²) in [7, 11) is 0. The Morgan fingerprint density at radius 1 is 1.30 bits per heavy atom. The summed E-state index contributed by atoms with van der Waals surface area (Å²) in [6.07, 6.45) is 4.31. The molecule has 3 rings (SSSR count). The zero-order valence-corrected chi connectivity index (χ0v) is 12.8. The van der Waals surface area contributed by atoms with E-state index in [1.54, 1.807) is 0 Å². The van der Waals surface area contributed by atoms with E-state index in [4.69, 9.17) is 10.2 Å². The Morgan fingerprint density at radius 3 is 2.55 bits per heavy atom. The Morgan fingerprint density at radius 2 is 2.00 bits per heavy atom. The predicted octanol–water partition coefficient (Wildman–Crippen LogP) is 4.35. The minimum Gasteiger partial charge on any atom is -0.240 e. The fourth-order valence-corrected chi connectivity index (χ4v) is 2.55. The van der Waals surface area contributed by atoms with Gasteiger partial charge in [-0.05, 0) is 37.5 Å². The van der Waals surface area contributed by atoms with Gasteiger partial charge in [0.15, 0.2) is 0 Å². The molecule has 0 N–H and O–H groups in total. The maximum absolute atomic E-state index is 8.86. The summed E-state index contributed by atoms with van der Waals surface area (Å²) in [6.45, 7) is 2.08. The molecule has 1 fully saturated rings. The number of nitrogens with zero attached hydrogens (tertiary/aromatic N) is 3. The molecule has 1 atom stereocenters. The van der Waals surface area contributed by atoms with Gasteiger partial charge < -0.3 is 0 Å². The number of nitriles is 1. The van der Waals surface area contributed by atoms with E-state index in [2.05, 4.69) is 33.9 Å². The third-order valence-electron chi connectivity index (χ3n) is 3.48. The summed E-state index contributed by atoms with van der Waals surface area (Å²) in [6, 6.07) is 9.69. The van der Waals surface area contributed by atoms with Crippen molar-refractivity contribution in [2.45, 2.75) is 30.5 Å². The zero-order valence-electron chi connectivity index (χ0n) is 11.2. The van der Waals surface area contributed by atoms with Crippen LogP contribution >= 0.6 is 15.9 Å². The van der Waals surface area contributed by atoms with Crippen LogP contribution in [0.3, 0.4) is 0 Å². The Hall–Kier alpha value is -1.73. The lowest BCUT2D eigenvalue weighted by Crippen LogP contribution is -2.01. The van der Waals surface area contributed by atoms with Crippen LogP contribution in [-0.4, -0.2) is 9.97 Å². The number of rotatable bonds is 3. The van der Waals surface area contributed by atoms with Crippen molar-refractivity contribution in [1.82, 2.24) is 9.97 Å². The second-order valence-corrected chi connectivity index (χ2v) is 6.48. The molecule has 1 heterocycles. The normalized spacial score (nSPS) is 15.7. The van der Waals surface area contributed by atoms with Gasteiger partial charge in [-0.25, -0.2) is 9.97 Å².